The van der Waals surface area contributed by atoms with Gasteiger partial charge in [-0.15, -0.1) is 0 Å². The number of likely N-dealkylation sites (tertiary alicyclic amines) is 1. The van der Waals surface area contributed by atoms with Crippen LogP contribution in [0.3, 0.4) is 0 Å². The molecule has 0 aliphatic carbocycles. The molecule has 0 amide bonds. The van der Waals surface area contributed by atoms with Crippen LogP contribution in [0.2, 0.25) is 5.02 Å². The number of aromatic amines is 1. The zero-order valence-corrected chi connectivity index (χ0v) is 17.0. The maximum atomic E-state index is 10.4. The second-order valence-corrected chi connectivity index (χ2v) is 7.94. The molecule has 2 aromatic carbocycles. The fourth-order valence-electron chi connectivity index (χ4n) is 3.71. The minimum Gasteiger partial charge on any atom is -0.492 e. The topological polar surface area (TPSA) is 70.6 Å². The van der Waals surface area contributed by atoms with Crippen LogP contribution in [-0.4, -0.2) is 59.2 Å². The number of halogens is 1. The molecule has 3 aromatic rings. The van der Waals surface area contributed by atoms with Crippen molar-refractivity contribution in [2.75, 3.05) is 32.8 Å². The normalized spacial score (nSPS) is 16.8. The van der Waals surface area contributed by atoms with Crippen LogP contribution in [0.5, 0.6) is 11.5 Å². The highest BCUT2D eigenvalue weighted by Crippen LogP contribution is 2.26. The molecule has 1 fully saturated rings. The molecule has 1 atom stereocenters. The zero-order valence-electron chi connectivity index (χ0n) is 16.3. The average Bonchev–Trinajstić information content (AvgIpc) is 3.22. The van der Waals surface area contributed by atoms with E-state index in [1.165, 1.54) is 0 Å². The number of rotatable bonds is 8. The van der Waals surface area contributed by atoms with Gasteiger partial charge in [0.2, 0.25) is 0 Å². The molecule has 1 aliphatic rings. The minimum atomic E-state index is -0.534. The van der Waals surface area contributed by atoms with Crippen LogP contribution in [0, 0.1) is 5.92 Å². The highest BCUT2D eigenvalue weighted by molar-refractivity contribution is 6.32. The number of piperidine rings is 1. The lowest BCUT2D eigenvalue weighted by Gasteiger charge is -2.33. The molecule has 2 heterocycles. The van der Waals surface area contributed by atoms with Crippen molar-refractivity contribution in [3.63, 3.8) is 0 Å². The summed E-state index contributed by atoms with van der Waals surface area (Å²) >= 11 is 6.14. The first-order chi connectivity index (χ1) is 14.2. The van der Waals surface area contributed by atoms with Crippen LogP contribution >= 0.6 is 11.6 Å². The number of nitrogens with one attached hydrogen (secondary N) is 1. The van der Waals surface area contributed by atoms with Crippen LogP contribution in [0.15, 0.2) is 48.7 Å². The summed E-state index contributed by atoms with van der Waals surface area (Å²) in [6, 6.07) is 13.3. The van der Waals surface area contributed by atoms with Crippen molar-refractivity contribution in [2.24, 2.45) is 5.92 Å². The van der Waals surface area contributed by atoms with Crippen LogP contribution in [-0.2, 0) is 0 Å². The lowest BCUT2D eigenvalue weighted by molar-refractivity contribution is 0.0507. The molecule has 0 saturated carbocycles. The third kappa shape index (κ3) is 5.21. The van der Waals surface area contributed by atoms with Crippen LogP contribution in [0.1, 0.15) is 12.8 Å². The van der Waals surface area contributed by atoms with Crippen molar-refractivity contribution >= 4 is 22.5 Å². The van der Waals surface area contributed by atoms with E-state index in [1.807, 2.05) is 42.5 Å². The van der Waals surface area contributed by atoms with Crippen molar-refractivity contribution in [1.29, 1.82) is 0 Å². The van der Waals surface area contributed by atoms with E-state index in [9.17, 15) is 5.11 Å². The quantitative estimate of drug-likeness (QED) is 0.586. The maximum absolute atomic E-state index is 10.4. The molecule has 154 valence electrons. The van der Waals surface area contributed by atoms with Gasteiger partial charge in [-0.05, 0) is 56.1 Å². The van der Waals surface area contributed by atoms with Crippen LogP contribution < -0.4 is 9.47 Å². The number of β-amino-alcohol motifs (C(OH)–C–C–N with tert-alkyl or cyclic N) is 1. The van der Waals surface area contributed by atoms with E-state index in [1.54, 1.807) is 6.20 Å². The van der Waals surface area contributed by atoms with Gasteiger partial charge in [0.1, 0.15) is 24.2 Å². The molecular weight excluding hydrogens is 390 g/mol. The lowest BCUT2D eigenvalue weighted by Crippen LogP contribution is -2.41. The molecule has 1 unspecified atom stereocenters. The number of aliphatic hydroxyl groups excluding tert-OH is 1. The Labute approximate surface area is 175 Å². The van der Waals surface area contributed by atoms with Crippen LogP contribution in [0.4, 0.5) is 0 Å². The van der Waals surface area contributed by atoms with Crippen molar-refractivity contribution in [2.45, 2.75) is 18.9 Å². The van der Waals surface area contributed by atoms with Gasteiger partial charge in [-0.25, -0.2) is 0 Å². The van der Waals surface area contributed by atoms with Crippen molar-refractivity contribution in [1.82, 2.24) is 15.1 Å². The molecule has 0 bridgehead atoms. The first kappa shape index (κ1) is 20.0. The SMILES string of the molecule is OC(COc1cccc2[nH]ncc12)CN1CCC(COc2ccccc2Cl)CC1. The Bertz CT molecular complexity index is 924. The number of hydrogen-bond acceptors (Lipinski definition) is 5. The summed E-state index contributed by atoms with van der Waals surface area (Å²) in [5.74, 6) is 2.00. The molecule has 7 heteroatoms. The summed E-state index contributed by atoms with van der Waals surface area (Å²) < 4.78 is 11.7. The van der Waals surface area contributed by atoms with Gasteiger partial charge in [-0.1, -0.05) is 29.8 Å². The summed E-state index contributed by atoms with van der Waals surface area (Å²) in [6.07, 6.45) is 3.30. The van der Waals surface area contributed by atoms with E-state index in [-0.39, 0.29) is 6.61 Å². The number of aromatic nitrogens is 2. The van der Waals surface area contributed by atoms with Crippen molar-refractivity contribution in [3.05, 3.63) is 53.7 Å². The van der Waals surface area contributed by atoms with E-state index >= 15 is 0 Å². The largest absolute Gasteiger partial charge is 0.492 e. The predicted octanol–water partition coefficient (Wildman–Crippen LogP) is 3.75. The number of hydrogen-bond donors (Lipinski definition) is 2. The number of ether oxygens (including phenoxy) is 2. The number of benzene rings is 2. The van der Waals surface area contributed by atoms with Gasteiger partial charge in [-0.3, -0.25) is 5.10 Å². The van der Waals surface area contributed by atoms with Crippen molar-refractivity contribution < 1.29 is 14.6 Å². The number of H-pyrrole nitrogens is 1. The number of fused-ring (bicyclic) bond motifs is 1. The fourth-order valence-corrected chi connectivity index (χ4v) is 3.90. The first-order valence-electron chi connectivity index (χ1n) is 10.0. The second-order valence-electron chi connectivity index (χ2n) is 7.54. The Kier molecular flexibility index (Phi) is 6.54. The van der Waals surface area contributed by atoms with Gasteiger partial charge in [0.15, 0.2) is 0 Å². The fraction of sp³-hybridized carbons (Fsp3) is 0.409. The maximum Gasteiger partial charge on any atom is 0.137 e. The van der Waals surface area contributed by atoms with Gasteiger partial charge < -0.3 is 19.5 Å². The number of para-hydroxylation sites is 1. The van der Waals surface area contributed by atoms with Crippen molar-refractivity contribution in [3.8, 4) is 11.5 Å². The van der Waals surface area contributed by atoms with Crippen LogP contribution in [0.25, 0.3) is 10.9 Å². The molecule has 0 radical (unpaired) electrons. The molecule has 2 N–H and O–H groups in total. The van der Waals surface area contributed by atoms with E-state index in [4.69, 9.17) is 21.1 Å². The van der Waals surface area contributed by atoms with Gasteiger partial charge in [-0.2, -0.15) is 5.10 Å². The molecule has 0 spiro atoms. The summed E-state index contributed by atoms with van der Waals surface area (Å²) in [7, 11) is 0. The molecule has 1 saturated heterocycles. The summed E-state index contributed by atoms with van der Waals surface area (Å²) in [5, 5.41) is 18.9. The smallest absolute Gasteiger partial charge is 0.137 e. The van der Waals surface area contributed by atoms with Gasteiger partial charge in [0, 0.05) is 6.54 Å². The molecule has 4 rings (SSSR count). The predicted molar refractivity (Wildman–Crippen MR) is 114 cm³/mol. The lowest BCUT2D eigenvalue weighted by atomic mass is 9.97. The molecule has 6 nitrogen and oxygen atoms in total. The summed E-state index contributed by atoms with van der Waals surface area (Å²) in [5.41, 5.74) is 0.929. The Balaban J connectivity index is 1.18. The minimum absolute atomic E-state index is 0.264. The standard InChI is InChI=1S/C22H26ClN3O3/c23-19-4-1-2-6-22(19)28-14-16-8-10-26(11-9-16)13-17(27)15-29-21-7-3-5-20-18(21)12-24-25-20/h1-7,12,16-17,27H,8-11,13-15H2,(H,24,25). The monoisotopic (exact) mass is 415 g/mol. The van der Waals surface area contributed by atoms with E-state index < -0.39 is 6.10 Å². The highest BCUT2D eigenvalue weighted by atomic mass is 35.5. The third-order valence-electron chi connectivity index (χ3n) is 5.36. The van der Waals surface area contributed by atoms with E-state index in [0.717, 1.165) is 48.3 Å². The zero-order chi connectivity index (χ0) is 20.1. The number of nitrogens with zero attached hydrogens (tertiary/aromatic N) is 2. The molecule has 1 aliphatic heterocycles. The summed E-state index contributed by atoms with van der Waals surface area (Å²) in [6.45, 7) is 3.45. The third-order valence-corrected chi connectivity index (χ3v) is 5.68. The Morgan fingerprint density at radius 3 is 2.72 bits per heavy atom. The number of aliphatic hydroxyl groups is 1. The van der Waals surface area contributed by atoms with Gasteiger partial charge >= 0.3 is 0 Å². The van der Waals surface area contributed by atoms with Gasteiger partial charge in [0.05, 0.1) is 28.7 Å². The van der Waals surface area contributed by atoms with Gasteiger partial charge in [0.25, 0.3) is 0 Å². The summed E-state index contributed by atoms with van der Waals surface area (Å²) in [4.78, 5) is 2.29. The van der Waals surface area contributed by atoms with E-state index in [0.29, 0.717) is 24.1 Å². The molecular formula is C22H26ClN3O3. The van der Waals surface area contributed by atoms with E-state index in [2.05, 4.69) is 15.1 Å². The molecule has 29 heavy (non-hydrogen) atoms. The Hall–Kier alpha value is -2.28. The second kappa shape index (κ2) is 9.48. The Morgan fingerprint density at radius 1 is 1.10 bits per heavy atom. The highest BCUT2D eigenvalue weighted by Gasteiger charge is 2.22. The first-order valence-corrected chi connectivity index (χ1v) is 10.4. The molecule has 1 aromatic heterocycles. The Morgan fingerprint density at radius 2 is 1.90 bits per heavy atom. The average molecular weight is 416 g/mol.